The summed E-state index contributed by atoms with van der Waals surface area (Å²) in [6.45, 7) is 11.4. The summed E-state index contributed by atoms with van der Waals surface area (Å²) in [5, 5.41) is 3.26. The van der Waals surface area contributed by atoms with Crippen LogP contribution in [0.5, 0.6) is 0 Å². The summed E-state index contributed by atoms with van der Waals surface area (Å²) >= 11 is 0. The summed E-state index contributed by atoms with van der Waals surface area (Å²) < 4.78 is 5.18. The lowest BCUT2D eigenvalue weighted by molar-refractivity contribution is -0.146. The molecule has 0 bridgehead atoms. The molecule has 1 fully saturated rings. The third-order valence-electron chi connectivity index (χ3n) is 3.93. The highest BCUT2D eigenvalue weighted by Crippen LogP contribution is 2.12. The maximum absolute atomic E-state index is 12.0. The lowest BCUT2D eigenvalue weighted by Gasteiger charge is -2.32. The van der Waals surface area contributed by atoms with E-state index in [1.54, 1.807) is 0 Å². The van der Waals surface area contributed by atoms with Gasteiger partial charge in [0.1, 0.15) is 6.04 Å². The number of likely N-dealkylation sites (N-methyl/N-ethyl adjacent to an activating group) is 2. The van der Waals surface area contributed by atoms with Crippen LogP contribution in [0.1, 0.15) is 33.6 Å². The molecule has 1 saturated heterocycles. The number of hydrogen-bond acceptors (Lipinski definition) is 5. The van der Waals surface area contributed by atoms with Crippen molar-refractivity contribution in [1.29, 1.82) is 0 Å². The van der Waals surface area contributed by atoms with Crippen molar-refractivity contribution in [2.24, 2.45) is 0 Å². The Balaban J connectivity index is 2.66. The van der Waals surface area contributed by atoms with Crippen LogP contribution >= 0.6 is 0 Å². The molecule has 0 radical (unpaired) electrons. The Morgan fingerprint density at radius 1 is 1.35 bits per heavy atom. The molecule has 5 nitrogen and oxygen atoms in total. The fourth-order valence-corrected chi connectivity index (χ4v) is 2.87. The molecular formula is C15H31N3O2. The van der Waals surface area contributed by atoms with Gasteiger partial charge in [-0.15, -0.1) is 0 Å². The molecule has 20 heavy (non-hydrogen) atoms. The van der Waals surface area contributed by atoms with Gasteiger partial charge in [0.15, 0.2) is 0 Å². The molecule has 1 aliphatic rings. The number of rotatable bonds is 7. The van der Waals surface area contributed by atoms with Crippen LogP contribution in [0.3, 0.4) is 0 Å². The minimum absolute atomic E-state index is 0.123. The molecule has 1 rings (SSSR count). The van der Waals surface area contributed by atoms with Crippen molar-refractivity contribution >= 4 is 5.97 Å². The van der Waals surface area contributed by atoms with E-state index in [0.717, 1.165) is 45.6 Å². The van der Waals surface area contributed by atoms with Crippen LogP contribution in [0.4, 0.5) is 0 Å². The maximum atomic E-state index is 12.0. The van der Waals surface area contributed by atoms with Gasteiger partial charge in [-0.25, -0.2) is 0 Å². The van der Waals surface area contributed by atoms with Gasteiger partial charge in [-0.05, 0) is 46.4 Å². The molecule has 0 aromatic heterocycles. The highest BCUT2D eigenvalue weighted by Gasteiger charge is 2.27. The van der Waals surface area contributed by atoms with E-state index in [-0.39, 0.29) is 12.0 Å². The van der Waals surface area contributed by atoms with Gasteiger partial charge in [0, 0.05) is 19.1 Å². The average Bonchev–Trinajstić information content (AvgIpc) is 2.60. The van der Waals surface area contributed by atoms with Crippen LogP contribution < -0.4 is 5.32 Å². The topological polar surface area (TPSA) is 44.8 Å². The van der Waals surface area contributed by atoms with E-state index >= 15 is 0 Å². The maximum Gasteiger partial charge on any atom is 0.324 e. The molecule has 118 valence electrons. The third-order valence-corrected chi connectivity index (χ3v) is 3.93. The standard InChI is InChI=1S/C15H31N3O2/c1-5-13-11-17(4)9-8-10-18(13)12-14(16-6-2)15(19)20-7-3/h13-14,16H,5-12H2,1-4H3. The zero-order valence-corrected chi connectivity index (χ0v) is 13.5. The second kappa shape index (κ2) is 9.32. The first-order valence-electron chi connectivity index (χ1n) is 7.94. The molecule has 0 aliphatic carbocycles. The second-order valence-electron chi connectivity index (χ2n) is 5.54. The van der Waals surface area contributed by atoms with E-state index < -0.39 is 0 Å². The predicted molar refractivity (Wildman–Crippen MR) is 81.9 cm³/mol. The minimum atomic E-state index is -0.211. The van der Waals surface area contributed by atoms with Crippen LogP contribution in [-0.2, 0) is 9.53 Å². The molecule has 5 heteroatoms. The highest BCUT2D eigenvalue weighted by atomic mass is 16.5. The summed E-state index contributed by atoms with van der Waals surface area (Å²) in [5.74, 6) is -0.123. The van der Waals surface area contributed by atoms with Gasteiger partial charge in [-0.1, -0.05) is 13.8 Å². The minimum Gasteiger partial charge on any atom is -0.465 e. The lowest BCUT2D eigenvalue weighted by Crippen LogP contribution is -2.51. The van der Waals surface area contributed by atoms with E-state index in [1.165, 1.54) is 0 Å². The van der Waals surface area contributed by atoms with Crippen LogP contribution in [0.15, 0.2) is 0 Å². The largest absolute Gasteiger partial charge is 0.465 e. The number of esters is 1. The second-order valence-corrected chi connectivity index (χ2v) is 5.54. The van der Waals surface area contributed by atoms with Crippen LogP contribution in [0.2, 0.25) is 0 Å². The quantitative estimate of drug-likeness (QED) is 0.706. The van der Waals surface area contributed by atoms with Gasteiger partial charge >= 0.3 is 5.97 Å². The van der Waals surface area contributed by atoms with Crippen molar-refractivity contribution in [3.63, 3.8) is 0 Å². The SMILES string of the molecule is CCNC(CN1CCCN(C)CC1CC)C(=O)OCC. The predicted octanol–water partition coefficient (Wildman–Crippen LogP) is 0.944. The van der Waals surface area contributed by atoms with Crippen molar-refractivity contribution in [3.05, 3.63) is 0 Å². The number of hydrogen-bond donors (Lipinski definition) is 1. The Kier molecular flexibility index (Phi) is 8.11. The summed E-state index contributed by atoms with van der Waals surface area (Å²) in [6, 6.07) is 0.315. The van der Waals surface area contributed by atoms with Crippen molar-refractivity contribution in [2.75, 3.05) is 46.4 Å². The molecular weight excluding hydrogens is 254 g/mol. The van der Waals surface area contributed by atoms with Gasteiger partial charge < -0.3 is 15.0 Å². The van der Waals surface area contributed by atoms with E-state index in [9.17, 15) is 4.79 Å². The number of carbonyl (C=O) groups excluding carboxylic acids is 1. The van der Waals surface area contributed by atoms with E-state index in [1.807, 2.05) is 13.8 Å². The summed E-state index contributed by atoms with van der Waals surface area (Å²) in [7, 11) is 2.18. The van der Waals surface area contributed by atoms with Gasteiger partial charge in [0.25, 0.3) is 0 Å². The molecule has 0 aromatic carbocycles. The number of carbonyl (C=O) groups is 1. The molecule has 2 atom stereocenters. The number of nitrogens with one attached hydrogen (secondary N) is 1. The molecule has 1 heterocycles. The van der Waals surface area contributed by atoms with Crippen LogP contribution in [-0.4, -0.2) is 74.2 Å². The first-order valence-corrected chi connectivity index (χ1v) is 7.94. The Bertz CT molecular complexity index is 286. The normalized spacial score (nSPS) is 23.3. The first kappa shape index (κ1) is 17.4. The fraction of sp³-hybridized carbons (Fsp3) is 0.933. The summed E-state index contributed by atoms with van der Waals surface area (Å²) in [5.41, 5.74) is 0. The monoisotopic (exact) mass is 285 g/mol. The number of ether oxygens (including phenoxy) is 1. The Morgan fingerprint density at radius 3 is 2.70 bits per heavy atom. The summed E-state index contributed by atoms with van der Waals surface area (Å²) in [4.78, 5) is 16.9. The van der Waals surface area contributed by atoms with Crippen molar-refractivity contribution in [2.45, 2.75) is 45.7 Å². The van der Waals surface area contributed by atoms with Gasteiger partial charge in [-0.2, -0.15) is 0 Å². The Labute approximate surface area is 123 Å². The third kappa shape index (κ3) is 5.38. The van der Waals surface area contributed by atoms with E-state index in [4.69, 9.17) is 4.74 Å². The molecule has 1 aliphatic heterocycles. The molecule has 0 amide bonds. The molecule has 0 aromatic rings. The lowest BCUT2D eigenvalue weighted by atomic mass is 10.1. The van der Waals surface area contributed by atoms with Gasteiger partial charge in [0.2, 0.25) is 0 Å². The molecule has 1 N–H and O–H groups in total. The van der Waals surface area contributed by atoms with Crippen LogP contribution in [0, 0.1) is 0 Å². The highest BCUT2D eigenvalue weighted by molar-refractivity contribution is 5.76. The van der Waals surface area contributed by atoms with Crippen LogP contribution in [0.25, 0.3) is 0 Å². The smallest absolute Gasteiger partial charge is 0.324 e. The van der Waals surface area contributed by atoms with E-state index in [0.29, 0.717) is 12.6 Å². The Morgan fingerprint density at radius 2 is 2.10 bits per heavy atom. The van der Waals surface area contributed by atoms with Crippen molar-refractivity contribution in [1.82, 2.24) is 15.1 Å². The van der Waals surface area contributed by atoms with Gasteiger partial charge in [0.05, 0.1) is 6.61 Å². The van der Waals surface area contributed by atoms with Crippen molar-refractivity contribution < 1.29 is 9.53 Å². The van der Waals surface area contributed by atoms with Crippen molar-refractivity contribution in [3.8, 4) is 0 Å². The Hall–Kier alpha value is -0.650. The summed E-state index contributed by atoms with van der Waals surface area (Å²) in [6.07, 6.45) is 2.28. The molecule has 0 saturated carbocycles. The fourth-order valence-electron chi connectivity index (χ4n) is 2.87. The average molecular weight is 285 g/mol. The molecule has 0 spiro atoms. The van der Waals surface area contributed by atoms with E-state index in [2.05, 4.69) is 29.1 Å². The zero-order valence-electron chi connectivity index (χ0n) is 13.5. The number of nitrogens with zero attached hydrogens (tertiary/aromatic N) is 2. The zero-order chi connectivity index (χ0) is 15.0. The first-order chi connectivity index (χ1) is 9.62. The van der Waals surface area contributed by atoms with Gasteiger partial charge in [-0.3, -0.25) is 9.69 Å². The molecule has 2 unspecified atom stereocenters.